The molecule has 4 fully saturated rings. The van der Waals surface area contributed by atoms with Gasteiger partial charge in [0.15, 0.2) is 11.6 Å². The van der Waals surface area contributed by atoms with Crippen LogP contribution in [0.1, 0.15) is 57.9 Å². The number of rotatable bonds is 4. The molecule has 9 heteroatoms. The van der Waals surface area contributed by atoms with Gasteiger partial charge in [-0.3, -0.25) is 4.90 Å². The summed E-state index contributed by atoms with van der Waals surface area (Å²) in [6.07, 6.45) is 2.92. The van der Waals surface area contributed by atoms with Crippen molar-refractivity contribution in [1.29, 1.82) is 0 Å². The molecule has 4 heterocycles. The van der Waals surface area contributed by atoms with E-state index in [1.807, 2.05) is 20.8 Å². The maximum Gasteiger partial charge on any atom is 0.410 e. The molecule has 5 rings (SSSR count). The van der Waals surface area contributed by atoms with Crippen molar-refractivity contribution in [2.75, 3.05) is 46.0 Å². The standard InChI is InChI=1S/C26H36F2N2O5/c1-25(2,3)35-24(31)30-15-26(16-30)12-18(13-33-26)29-7-4-17(5-8-29)20-10-21(27)22(28)11-23(20)34-19-6-9-32-14-19/h10-11,17-19H,4-9,12-16H2,1-3H3/t18-,19+/m0/s1. The SMILES string of the molecule is CC(C)(C)OC(=O)N1CC2(C[C@H](N3CCC(c4cc(F)c(F)cc4O[C@@H]4CCOC4)CC3)CO2)C1. The van der Waals surface area contributed by atoms with Gasteiger partial charge in [0.25, 0.3) is 0 Å². The fourth-order valence-corrected chi connectivity index (χ4v) is 5.71. The van der Waals surface area contributed by atoms with Crippen LogP contribution in [0.5, 0.6) is 5.75 Å². The van der Waals surface area contributed by atoms with Gasteiger partial charge in [-0.05, 0) is 65.1 Å². The van der Waals surface area contributed by atoms with Gasteiger partial charge in [0.1, 0.15) is 23.1 Å². The summed E-state index contributed by atoms with van der Waals surface area (Å²) in [7, 11) is 0. The normalized spacial score (nSPS) is 27.3. The molecule has 1 amide bonds. The van der Waals surface area contributed by atoms with Crippen LogP contribution in [0.15, 0.2) is 12.1 Å². The topological polar surface area (TPSA) is 60.5 Å². The second-order valence-corrected chi connectivity index (χ2v) is 11.4. The molecule has 0 bridgehead atoms. The summed E-state index contributed by atoms with van der Waals surface area (Å²) in [5, 5.41) is 0. The third-order valence-electron chi connectivity index (χ3n) is 7.52. The molecule has 0 radical (unpaired) electrons. The summed E-state index contributed by atoms with van der Waals surface area (Å²) in [5.41, 5.74) is -0.0309. The van der Waals surface area contributed by atoms with Crippen molar-refractivity contribution >= 4 is 6.09 Å². The minimum absolute atomic E-state index is 0.112. The Morgan fingerprint density at radius 1 is 1.09 bits per heavy atom. The Morgan fingerprint density at radius 3 is 2.46 bits per heavy atom. The maximum atomic E-state index is 14.1. The minimum Gasteiger partial charge on any atom is -0.488 e. The number of hydrogen-bond donors (Lipinski definition) is 0. The van der Waals surface area contributed by atoms with Gasteiger partial charge in [0, 0.05) is 24.1 Å². The van der Waals surface area contributed by atoms with Crippen molar-refractivity contribution in [3.8, 4) is 5.75 Å². The van der Waals surface area contributed by atoms with Crippen LogP contribution in [-0.2, 0) is 14.2 Å². The molecule has 0 aliphatic carbocycles. The predicted octanol–water partition coefficient (Wildman–Crippen LogP) is 4.09. The van der Waals surface area contributed by atoms with Crippen LogP contribution in [0.25, 0.3) is 0 Å². The van der Waals surface area contributed by atoms with Crippen LogP contribution in [0, 0.1) is 11.6 Å². The Hall–Kier alpha value is -1.97. The number of carbonyl (C=O) groups excluding carboxylic acids is 1. The van der Waals surface area contributed by atoms with Crippen LogP contribution in [0.3, 0.4) is 0 Å². The Morgan fingerprint density at radius 2 is 1.80 bits per heavy atom. The fourth-order valence-electron chi connectivity index (χ4n) is 5.71. The molecule has 0 unspecified atom stereocenters. The second kappa shape index (κ2) is 9.48. The molecule has 0 saturated carbocycles. The molecule has 4 aliphatic rings. The second-order valence-electron chi connectivity index (χ2n) is 11.4. The van der Waals surface area contributed by atoms with Gasteiger partial charge < -0.3 is 23.8 Å². The van der Waals surface area contributed by atoms with Gasteiger partial charge in [-0.25, -0.2) is 13.6 Å². The van der Waals surface area contributed by atoms with E-state index < -0.39 is 17.2 Å². The van der Waals surface area contributed by atoms with Crippen molar-refractivity contribution in [2.24, 2.45) is 0 Å². The number of likely N-dealkylation sites (tertiary alicyclic amines) is 2. The summed E-state index contributed by atoms with van der Waals surface area (Å²) in [4.78, 5) is 16.4. The maximum absolute atomic E-state index is 14.1. The lowest BCUT2D eigenvalue weighted by atomic mass is 9.86. The number of halogens is 2. The van der Waals surface area contributed by atoms with E-state index in [0.717, 1.165) is 44.3 Å². The third-order valence-corrected chi connectivity index (χ3v) is 7.52. The number of piperidine rings is 1. The number of ether oxygens (including phenoxy) is 4. The van der Waals surface area contributed by atoms with E-state index in [4.69, 9.17) is 18.9 Å². The molecule has 0 aromatic heterocycles. The van der Waals surface area contributed by atoms with Crippen LogP contribution < -0.4 is 4.74 Å². The monoisotopic (exact) mass is 494 g/mol. The number of hydrogen-bond acceptors (Lipinski definition) is 6. The lowest BCUT2D eigenvalue weighted by molar-refractivity contribution is -0.109. The highest BCUT2D eigenvalue weighted by atomic mass is 19.2. The third kappa shape index (κ3) is 5.42. The van der Waals surface area contributed by atoms with E-state index in [0.29, 0.717) is 44.7 Å². The Kier molecular flexibility index (Phi) is 6.70. The van der Waals surface area contributed by atoms with Crippen molar-refractivity contribution in [2.45, 2.75) is 75.7 Å². The summed E-state index contributed by atoms with van der Waals surface area (Å²) in [6, 6.07) is 2.80. The van der Waals surface area contributed by atoms with Crippen molar-refractivity contribution in [3.05, 3.63) is 29.3 Å². The zero-order valence-corrected chi connectivity index (χ0v) is 20.9. The average molecular weight is 495 g/mol. The van der Waals surface area contributed by atoms with Gasteiger partial charge in [-0.2, -0.15) is 0 Å². The molecule has 7 nitrogen and oxygen atoms in total. The van der Waals surface area contributed by atoms with Crippen LogP contribution in [-0.4, -0.2) is 85.2 Å². The molecule has 1 aromatic rings. The first kappa shape index (κ1) is 24.7. The van der Waals surface area contributed by atoms with E-state index in [2.05, 4.69) is 4.90 Å². The lowest BCUT2D eigenvalue weighted by Gasteiger charge is -2.47. The molecule has 1 spiro atoms. The highest BCUT2D eigenvalue weighted by Crippen LogP contribution is 2.41. The fraction of sp³-hybridized carbons (Fsp3) is 0.731. The first-order chi connectivity index (χ1) is 16.6. The first-order valence-electron chi connectivity index (χ1n) is 12.7. The smallest absolute Gasteiger partial charge is 0.410 e. The zero-order chi connectivity index (χ0) is 24.8. The molecule has 194 valence electrons. The van der Waals surface area contributed by atoms with Crippen molar-refractivity contribution in [3.63, 3.8) is 0 Å². The summed E-state index contributed by atoms with van der Waals surface area (Å²) in [5.74, 6) is -1.16. The molecular formula is C26H36F2N2O5. The van der Waals surface area contributed by atoms with Gasteiger partial charge in [-0.1, -0.05) is 0 Å². The zero-order valence-electron chi connectivity index (χ0n) is 20.9. The quantitative estimate of drug-likeness (QED) is 0.629. The average Bonchev–Trinajstić information content (AvgIpc) is 3.44. The number of carbonyl (C=O) groups is 1. The van der Waals surface area contributed by atoms with Crippen molar-refractivity contribution < 1.29 is 32.5 Å². The van der Waals surface area contributed by atoms with E-state index in [1.54, 1.807) is 4.90 Å². The molecule has 35 heavy (non-hydrogen) atoms. The summed E-state index contributed by atoms with van der Waals surface area (Å²) in [6.45, 7) is 10.2. The Labute approximate surface area is 205 Å². The summed E-state index contributed by atoms with van der Waals surface area (Å²) >= 11 is 0. The van der Waals surface area contributed by atoms with Crippen LogP contribution in [0.4, 0.5) is 13.6 Å². The van der Waals surface area contributed by atoms with E-state index in [9.17, 15) is 13.6 Å². The van der Waals surface area contributed by atoms with E-state index >= 15 is 0 Å². The van der Waals surface area contributed by atoms with Gasteiger partial charge in [0.2, 0.25) is 0 Å². The van der Waals surface area contributed by atoms with Crippen LogP contribution >= 0.6 is 0 Å². The highest BCUT2D eigenvalue weighted by Gasteiger charge is 2.53. The molecule has 0 N–H and O–H groups in total. The lowest BCUT2D eigenvalue weighted by Crippen LogP contribution is -2.64. The van der Waals surface area contributed by atoms with Gasteiger partial charge in [-0.15, -0.1) is 0 Å². The molecule has 2 atom stereocenters. The molecule has 1 aromatic carbocycles. The van der Waals surface area contributed by atoms with Crippen molar-refractivity contribution in [1.82, 2.24) is 9.80 Å². The summed E-state index contributed by atoms with van der Waals surface area (Å²) < 4.78 is 51.2. The Balaban J connectivity index is 1.15. The molecule has 4 aliphatic heterocycles. The van der Waals surface area contributed by atoms with E-state index in [-0.39, 0.29) is 23.7 Å². The predicted molar refractivity (Wildman–Crippen MR) is 125 cm³/mol. The van der Waals surface area contributed by atoms with E-state index in [1.165, 1.54) is 12.1 Å². The van der Waals surface area contributed by atoms with Crippen LogP contribution in [0.2, 0.25) is 0 Å². The number of benzene rings is 1. The number of nitrogens with zero attached hydrogens (tertiary/aromatic N) is 2. The molecular weight excluding hydrogens is 458 g/mol. The highest BCUT2D eigenvalue weighted by molar-refractivity contribution is 5.69. The minimum atomic E-state index is -0.880. The van der Waals surface area contributed by atoms with Gasteiger partial charge in [0.05, 0.1) is 32.9 Å². The Bertz CT molecular complexity index is 932. The number of amides is 1. The first-order valence-corrected chi connectivity index (χ1v) is 12.7. The molecule has 4 saturated heterocycles. The largest absolute Gasteiger partial charge is 0.488 e. The van der Waals surface area contributed by atoms with Gasteiger partial charge >= 0.3 is 6.09 Å².